The molecule has 0 saturated carbocycles. The van der Waals surface area contributed by atoms with E-state index in [1.165, 1.54) is 6.07 Å². The molecule has 0 aliphatic carbocycles. The highest BCUT2D eigenvalue weighted by atomic mass is 35.5. The topological polar surface area (TPSA) is 35.2 Å². The summed E-state index contributed by atoms with van der Waals surface area (Å²) in [7, 11) is 0. The molecular weight excluding hydrogens is 267 g/mol. The molecule has 0 amide bonds. The smallest absolute Gasteiger partial charge is 0.419 e. The molecule has 0 aromatic heterocycles. The number of alkyl halides is 3. The summed E-state index contributed by atoms with van der Waals surface area (Å²) in [6.45, 7) is 3.61. The number of hydrogen-bond donors (Lipinski definition) is 1. The van der Waals surface area contributed by atoms with E-state index in [0.29, 0.717) is 12.0 Å². The Balaban J connectivity index is 0.00000289. The van der Waals surface area contributed by atoms with Crippen molar-refractivity contribution in [2.45, 2.75) is 32.5 Å². The van der Waals surface area contributed by atoms with Crippen LogP contribution in [0.25, 0.3) is 0 Å². The van der Waals surface area contributed by atoms with Crippen LogP contribution in [0.15, 0.2) is 18.2 Å². The van der Waals surface area contributed by atoms with Crippen molar-refractivity contribution < 1.29 is 17.9 Å². The van der Waals surface area contributed by atoms with Gasteiger partial charge in [-0.15, -0.1) is 12.4 Å². The van der Waals surface area contributed by atoms with E-state index in [1.54, 1.807) is 19.9 Å². The highest BCUT2D eigenvalue weighted by molar-refractivity contribution is 5.85. The number of halogens is 4. The Labute approximate surface area is 111 Å². The minimum absolute atomic E-state index is 0. The lowest BCUT2D eigenvalue weighted by Gasteiger charge is -2.15. The molecule has 0 aliphatic rings. The van der Waals surface area contributed by atoms with Gasteiger partial charge in [-0.05, 0) is 38.0 Å². The normalized spacial score (nSPS) is 12.8. The second kappa shape index (κ2) is 6.85. The van der Waals surface area contributed by atoms with Crippen LogP contribution < -0.4 is 10.5 Å². The molecule has 104 valence electrons. The van der Waals surface area contributed by atoms with Gasteiger partial charge in [-0.1, -0.05) is 6.07 Å². The maximum Gasteiger partial charge on any atom is 0.419 e. The molecule has 6 heteroatoms. The van der Waals surface area contributed by atoms with Gasteiger partial charge in [0.25, 0.3) is 0 Å². The van der Waals surface area contributed by atoms with Crippen molar-refractivity contribution in [1.29, 1.82) is 0 Å². The Bertz CT molecular complexity index is 380. The van der Waals surface area contributed by atoms with Gasteiger partial charge < -0.3 is 10.5 Å². The standard InChI is InChI=1S/C12H16F3NO.ClH/c1-3-17-11-5-4-9(6-8(2)16)7-10(11)12(13,14)15;/h4-5,7-8H,3,6,16H2,1-2H3;1H. The van der Waals surface area contributed by atoms with Gasteiger partial charge in [-0.25, -0.2) is 0 Å². The van der Waals surface area contributed by atoms with E-state index in [1.807, 2.05) is 0 Å². The Morgan fingerprint density at radius 3 is 2.39 bits per heavy atom. The van der Waals surface area contributed by atoms with Crippen molar-refractivity contribution in [2.24, 2.45) is 5.73 Å². The van der Waals surface area contributed by atoms with Crippen molar-refractivity contribution >= 4 is 12.4 Å². The van der Waals surface area contributed by atoms with E-state index >= 15 is 0 Å². The summed E-state index contributed by atoms with van der Waals surface area (Å²) < 4.78 is 43.3. The summed E-state index contributed by atoms with van der Waals surface area (Å²) in [6.07, 6.45) is -3.99. The van der Waals surface area contributed by atoms with Crippen molar-refractivity contribution in [3.05, 3.63) is 29.3 Å². The number of rotatable bonds is 4. The molecule has 1 aromatic rings. The van der Waals surface area contributed by atoms with Gasteiger partial charge in [-0.3, -0.25) is 0 Å². The Morgan fingerprint density at radius 1 is 1.33 bits per heavy atom. The third kappa shape index (κ3) is 4.74. The largest absolute Gasteiger partial charge is 0.493 e. The van der Waals surface area contributed by atoms with Crippen LogP contribution in [0.4, 0.5) is 13.2 Å². The van der Waals surface area contributed by atoms with Crippen molar-refractivity contribution in [3.63, 3.8) is 0 Å². The van der Waals surface area contributed by atoms with Crippen LogP contribution in [-0.4, -0.2) is 12.6 Å². The van der Waals surface area contributed by atoms with Crippen LogP contribution >= 0.6 is 12.4 Å². The Hall–Kier alpha value is -0.940. The molecule has 0 bridgehead atoms. The predicted molar refractivity (Wildman–Crippen MR) is 67.2 cm³/mol. The van der Waals surface area contributed by atoms with Gasteiger partial charge >= 0.3 is 6.18 Å². The summed E-state index contributed by atoms with van der Waals surface area (Å²) in [5, 5.41) is 0. The highest BCUT2D eigenvalue weighted by Gasteiger charge is 2.34. The first kappa shape index (κ1) is 17.1. The number of nitrogens with two attached hydrogens (primary N) is 1. The fourth-order valence-electron chi connectivity index (χ4n) is 1.58. The number of ether oxygens (including phenoxy) is 1. The molecule has 1 rings (SSSR count). The van der Waals surface area contributed by atoms with E-state index in [9.17, 15) is 13.2 Å². The first-order valence-corrected chi connectivity index (χ1v) is 5.43. The average Bonchev–Trinajstić information content (AvgIpc) is 2.18. The zero-order chi connectivity index (χ0) is 13.1. The van der Waals surface area contributed by atoms with Gasteiger partial charge in [0.05, 0.1) is 12.2 Å². The lowest BCUT2D eigenvalue weighted by Crippen LogP contribution is -2.18. The summed E-state index contributed by atoms with van der Waals surface area (Å²) in [5.74, 6) is -0.131. The van der Waals surface area contributed by atoms with Crippen LogP contribution in [-0.2, 0) is 12.6 Å². The van der Waals surface area contributed by atoms with Crippen LogP contribution in [0.1, 0.15) is 25.0 Å². The molecule has 0 aliphatic heterocycles. The molecule has 0 fully saturated rings. The molecule has 2 nitrogen and oxygen atoms in total. The van der Waals surface area contributed by atoms with E-state index < -0.39 is 11.7 Å². The summed E-state index contributed by atoms with van der Waals surface area (Å²) in [5.41, 5.74) is 5.39. The van der Waals surface area contributed by atoms with E-state index in [-0.39, 0.29) is 30.8 Å². The Kier molecular flexibility index (Phi) is 6.49. The van der Waals surface area contributed by atoms with E-state index in [2.05, 4.69) is 0 Å². The minimum atomic E-state index is -4.40. The molecule has 18 heavy (non-hydrogen) atoms. The first-order chi connectivity index (χ1) is 7.84. The molecule has 1 aromatic carbocycles. The van der Waals surface area contributed by atoms with E-state index in [0.717, 1.165) is 6.07 Å². The SMILES string of the molecule is CCOc1ccc(CC(C)N)cc1C(F)(F)F.Cl. The number of benzene rings is 1. The van der Waals surface area contributed by atoms with Crippen LogP contribution in [0, 0.1) is 0 Å². The van der Waals surface area contributed by atoms with Crippen LogP contribution in [0.2, 0.25) is 0 Å². The summed E-state index contributed by atoms with van der Waals surface area (Å²) >= 11 is 0. The van der Waals surface area contributed by atoms with Gasteiger partial charge in [-0.2, -0.15) is 13.2 Å². The van der Waals surface area contributed by atoms with Gasteiger partial charge in [0.2, 0.25) is 0 Å². The molecule has 1 atom stereocenters. The van der Waals surface area contributed by atoms with Crippen LogP contribution in [0.3, 0.4) is 0 Å². The zero-order valence-corrected chi connectivity index (χ0v) is 11.1. The molecule has 0 spiro atoms. The first-order valence-electron chi connectivity index (χ1n) is 5.43. The minimum Gasteiger partial charge on any atom is -0.493 e. The lowest BCUT2D eigenvalue weighted by molar-refractivity contribution is -0.139. The van der Waals surface area contributed by atoms with Crippen LogP contribution in [0.5, 0.6) is 5.75 Å². The van der Waals surface area contributed by atoms with E-state index in [4.69, 9.17) is 10.5 Å². The average molecular weight is 284 g/mol. The van der Waals surface area contributed by atoms with Gasteiger partial charge in [0.15, 0.2) is 0 Å². The third-order valence-electron chi connectivity index (χ3n) is 2.21. The molecule has 0 heterocycles. The molecule has 2 N–H and O–H groups in total. The molecule has 1 unspecified atom stereocenters. The Morgan fingerprint density at radius 2 is 1.94 bits per heavy atom. The van der Waals surface area contributed by atoms with Crippen molar-refractivity contribution in [2.75, 3.05) is 6.61 Å². The fourth-order valence-corrected chi connectivity index (χ4v) is 1.58. The highest BCUT2D eigenvalue weighted by Crippen LogP contribution is 2.36. The monoisotopic (exact) mass is 283 g/mol. The second-order valence-electron chi connectivity index (χ2n) is 3.94. The second-order valence-corrected chi connectivity index (χ2v) is 3.94. The third-order valence-corrected chi connectivity index (χ3v) is 2.21. The summed E-state index contributed by atoms with van der Waals surface area (Å²) in [6, 6.07) is 3.90. The molecule has 0 radical (unpaired) electrons. The van der Waals surface area contributed by atoms with Gasteiger partial charge in [0.1, 0.15) is 5.75 Å². The zero-order valence-electron chi connectivity index (χ0n) is 10.3. The fraction of sp³-hybridized carbons (Fsp3) is 0.500. The molecular formula is C12H17ClF3NO. The predicted octanol–water partition coefficient (Wildman–Crippen LogP) is 3.42. The lowest BCUT2D eigenvalue weighted by atomic mass is 10.0. The van der Waals surface area contributed by atoms with Crippen molar-refractivity contribution in [3.8, 4) is 5.75 Å². The van der Waals surface area contributed by atoms with Crippen molar-refractivity contribution in [1.82, 2.24) is 0 Å². The number of hydrogen-bond acceptors (Lipinski definition) is 2. The van der Waals surface area contributed by atoms with Gasteiger partial charge in [0, 0.05) is 6.04 Å². The summed E-state index contributed by atoms with van der Waals surface area (Å²) in [4.78, 5) is 0. The molecule has 0 saturated heterocycles. The maximum atomic E-state index is 12.8. The maximum absolute atomic E-state index is 12.8. The quantitative estimate of drug-likeness (QED) is 0.919.